The van der Waals surface area contributed by atoms with Crippen LogP contribution in [0.2, 0.25) is 0 Å². The number of benzene rings is 6. The molecule has 0 fully saturated rings. The fourth-order valence-corrected chi connectivity index (χ4v) is 7.56. The molecule has 206 valence electrons. The molecule has 0 unspecified atom stereocenters. The Morgan fingerprint density at radius 1 is 0.386 bits per heavy atom. The van der Waals surface area contributed by atoms with Crippen molar-refractivity contribution in [3.05, 3.63) is 180 Å². The van der Waals surface area contributed by atoms with E-state index < -0.39 is 5.41 Å². The third kappa shape index (κ3) is 3.43. The predicted molar refractivity (Wildman–Crippen MR) is 179 cm³/mol. The molecule has 0 aliphatic heterocycles. The van der Waals surface area contributed by atoms with Gasteiger partial charge in [-0.25, -0.2) is 9.97 Å². The van der Waals surface area contributed by atoms with Gasteiger partial charge >= 0.3 is 0 Å². The highest BCUT2D eigenvalue weighted by molar-refractivity contribution is 5.97. The molecule has 0 amide bonds. The first-order valence-corrected chi connectivity index (χ1v) is 15.2. The zero-order valence-corrected chi connectivity index (χ0v) is 24.3. The van der Waals surface area contributed by atoms with Crippen molar-refractivity contribution in [1.29, 1.82) is 0 Å². The van der Waals surface area contributed by atoms with E-state index in [0.717, 1.165) is 22.5 Å². The van der Waals surface area contributed by atoms with Crippen molar-refractivity contribution in [2.45, 2.75) is 12.3 Å². The Kier molecular flexibility index (Phi) is 5.36. The Balaban J connectivity index is 1.35. The second-order valence-corrected chi connectivity index (χ2v) is 11.9. The van der Waals surface area contributed by atoms with E-state index in [2.05, 4.69) is 146 Å². The summed E-state index contributed by atoms with van der Waals surface area (Å²) in [7, 11) is 0. The van der Waals surface area contributed by atoms with E-state index in [4.69, 9.17) is 9.97 Å². The van der Waals surface area contributed by atoms with E-state index in [1.54, 1.807) is 0 Å². The molecule has 6 aromatic carbocycles. The number of fused-ring (bicyclic) bond motifs is 12. The third-order valence-corrected chi connectivity index (χ3v) is 9.51. The highest BCUT2D eigenvalue weighted by Crippen LogP contribution is 2.61. The first-order valence-electron chi connectivity index (χ1n) is 15.2. The molecule has 7 aromatic rings. The van der Waals surface area contributed by atoms with Gasteiger partial charge in [0.05, 0.1) is 5.41 Å². The van der Waals surface area contributed by atoms with Gasteiger partial charge in [0, 0.05) is 23.5 Å². The molecule has 2 aliphatic rings. The van der Waals surface area contributed by atoms with Crippen molar-refractivity contribution in [1.82, 2.24) is 9.97 Å². The number of hydrogen-bond acceptors (Lipinski definition) is 2. The van der Waals surface area contributed by atoms with Crippen LogP contribution in [0.4, 0.5) is 0 Å². The molecule has 0 saturated carbocycles. The molecular weight excluding hydrogens is 532 g/mol. The first-order chi connectivity index (χ1) is 21.7. The third-order valence-electron chi connectivity index (χ3n) is 9.51. The van der Waals surface area contributed by atoms with E-state index >= 15 is 0 Å². The van der Waals surface area contributed by atoms with E-state index in [1.165, 1.54) is 61.2 Å². The van der Waals surface area contributed by atoms with Crippen molar-refractivity contribution >= 4 is 0 Å². The number of rotatable bonds is 2. The summed E-state index contributed by atoms with van der Waals surface area (Å²) in [5.74, 6) is 0.726. The van der Waals surface area contributed by atoms with Crippen molar-refractivity contribution in [2.24, 2.45) is 0 Å². The van der Waals surface area contributed by atoms with Crippen LogP contribution < -0.4 is 0 Å². The quantitative estimate of drug-likeness (QED) is 0.210. The van der Waals surface area contributed by atoms with Crippen LogP contribution in [-0.4, -0.2) is 9.97 Å². The van der Waals surface area contributed by atoms with E-state index in [1.807, 2.05) is 12.4 Å². The summed E-state index contributed by atoms with van der Waals surface area (Å²) in [6.07, 6.45) is 3.89. The molecule has 0 saturated heterocycles. The average Bonchev–Trinajstić information content (AvgIpc) is 3.34. The molecule has 2 heteroatoms. The van der Waals surface area contributed by atoms with Gasteiger partial charge in [-0.05, 0) is 74.2 Å². The Hall–Kier alpha value is -5.60. The van der Waals surface area contributed by atoms with Gasteiger partial charge in [0.15, 0.2) is 5.82 Å². The number of nitrogens with zero attached hydrogens (tertiary/aromatic N) is 2. The van der Waals surface area contributed by atoms with Crippen LogP contribution >= 0.6 is 0 Å². The molecule has 0 atom stereocenters. The van der Waals surface area contributed by atoms with Crippen molar-refractivity contribution < 1.29 is 0 Å². The summed E-state index contributed by atoms with van der Waals surface area (Å²) in [5, 5.41) is 0. The zero-order valence-electron chi connectivity index (χ0n) is 24.3. The van der Waals surface area contributed by atoms with Crippen molar-refractivity contribution in [3.8, 4) is 55.9 Å². The van der Waals surface area contributed by atoms with Crippen molar-refractivity contribution in [2.75, 3.05) is 0 Å². The minimum Gasteiger partial charge on any atom is -0.236 e. The number of hydrogen-bond donors (Lipinski definition) is 0. The lowest BCUT2D eigenvalue weighted by Crippen LogP contribution is -2.29. The summed E-state index contributed by atoms with van der Waals surface area (Å²) in [6, 6.07) is 51.1. The van der Waals surface area contributed by atoms with Crippen LogP contribution in [0, 0.1) is 6.92 Å². The fourth-order valence-electron chi connectivity index (χ4n) is 7.56. The van der Waals surface area contributed by atoms with Crippen LogP contribution in [0.1, 0.15) is 27.8 Å². The molecule has 1 spiro atoms. The maximum Gasteiger partial charge on any atom is 0.159 e. The minimum absolute atomic E-state index is 0.504. The van der Waals surface area contributed by atoms with Gasteiger partial charge in [-0.3, -0.25) is 0 Å². The molecule has 0 N–H and O–H groups in total. The first kappa shape index (κ1) is 24.9. The van der Waals surface area contributed by atoms with E-state index in [9.17, 15) is 0 Å². The summed E-state index contributed by atoms with van der Waals surface area (Å²) >= 11 is 0. The Bertz CT molecular complexity index is 2180. The largest absolute Gasteiger partial charge is 0.236 e. The smallest absolute Gasteiger partial charge is 0.159 e. The topological polar surface area (TPSA) is 25.8 Å². The van der Waals surface area contributed by atoms with Crippen molar-refractivity contribution in [3.63, 3.8) is 0 Å². The number of aryl methyl sites for hydroxylation is 1. The Labute approximate surface area is 257 Å². The lowest BCUT2D eigenvalue weighted by atomic mass is 9.65. The maximum absolute atomic E-state index is 4.90. The lowest BCUT2D eigenvalue weighted by molar-refractivity contribution is 0.775. The standard InChI is InChI=1S/C42H28N2/c1-27-18-20-28(21-19-27)30-25-43-41(44-26-30)29-22-23-36-32-11-3-2-10-31(32)33-12-4-7-15-37(33)42(40(36)24-29)38-16-8-5-13-34(38)35-14-6-9-17-39(35)42/h2-26H,1H3. The van der Waals surface area contributed by atoms with Crippen LogP contribution in [0.5, 0.6) is 0 Å². The second kappa shape index (κ2) is 9.45. The molecule has 44 heavy (non-hydrogen) atoms. The molecule has 9 rings (SSSR count). The molecule has 2 aliphatic carbocycles. The predicted octanol–water partition coefficient (Wildman–Crippen LogP) is 10.1. The van der Waals surface area contributed by atoms with Crippen LogP contribution in [0.15, 0.2) is 152 Å². The van der Waals surface area contributed by atoms with Crippen LogP contribution in [-0.2, 0) is 5.41 Å². The van der Waals surface area contributed by atoms with Gasteiger partial charge in [-0.2, -0.15) is 0 Å². The summed E-state index contributed by atoms with van der Waals surface area (Å²) in [6.45, 7) is 2.10. The highest BCUT2D eigenvalue weighted by Gasteiger charge is 2.49. The molecular formula is C42H28N2. The Morgan fingerprint density at radius 2 is 0.818 bits per heavy atom. The Morgan fingerprint density at radius 3 is 1.36 bits per heavy atom. The van der Waals surface area contributed by atoms with Crippen LogP contribution in [0.25, 0.3) is 55.9 Å². The van der Waals surface area contributed by atoms with Gasteiger partial charge in [-0.15, -0.1) is 0 Å². The summed E-state index contributed by atoms with van der Waals surface area (Å²) < 4.78 is 0. The molecule has 1 heterocycles. The lowest BCUT2D eigenvalue weighted by Gasteiger charge is -2.35. The van der Waals surface area contributed by atoms with E-state index in [0.29, 0.717) is 0 Å². The van der Waals surface area contributed by atoms with Gasteiger partial charge in [0.2, 0.25) is 0 Å². The second-order valence-electron chi connectivity index (χ2n) is 11.9. The molecule has 0 radical (unpaired) electrons. The average molecular weight is 561 g/mol. The summed E-state index contributed by atoms with van der Waals surface area (Å²) in [4.78, 5) is 9.80. The fraction of sp³-hybridized carbons (Fsp3) is 0.0476. The highest BCUT2D eigenvalue weighted by atomic mass is 14.9. The normalized spacial score (nSPS) is 13.3. The van der Waals surface area contributed by atoms with E-state index in [-0.39, 0.29) is 0 Å². The SMILES string of the molecule is Cc1ccc(-c2cnc(-c3ccc4c(c3)C3(c5ccccc5-c5ccccc5-4)c4ccccc4-c4ccccc43)nc2)cc1. The zero-order chi connectivity index (χ0) is 29.3. The number of aromatic nitrogens is 2. The van der Waals surface area contributed by atoms with Crippen LogP contribution in [0.3, 0.4) is 0 Å². The van der Waals surface area contributed by atoms with Gasteiger partial charge in [0.25, 0.3) is 0 Å². The van der Waals surface area contributed by atoms with Gasteiger partial charge in [-0.1, -0.05) is 139 Å². The monoisotopic (exact) mass is 560 g/mol. The summed E-state index contributed by atoms with van der Waals surface area (Å²) in [5.41, 5.74) is 16.7. The van der Waals surface area contributed by atoms with Gasteiger partial charge in [0.1, 0.15) is 0 Å². The minimum atomic E-state index is -0.504. The molecule has 2 nitrogen and oxygen atoms in total. The van der Waals surface area contributed by atoms with Gasteiger partial charge < -0.3 is 0 Å². The molecule has 1 aromatic heterocycles. The maximum atomic E-state index is 4.90. The molecule has 0 bridgehead atoms.